The number of methoxy groups -OCH3 is 1. The molecule has 7 heteroatoms. The van der Waals surface area contributed by atoms with Gasteiger partial charge in [0.25, 0.3) is 10.0 Å². The van der Waals surface area contributed by atoms with E-state index < -0.39 is 10.0 Å². The molecule has 0 saturated heterocycles. The Morgan fingerprint density at radius 2 is 1.96 bits per heavy atom. The molecule has 0 fully saturated rings. The molecule has 0 aliphatic heterocycles. The van der Waals surface area contributed by atoms with Gasteiger partial charge in [-0.2, -0.15) is 0 Å². The van der Waals surface area contributed by atoms with Crippen LogP contribution in [-0.4, -0.2) is 26.5 Å². The van der Waals surface area contributed by atoms with Crippen LogP contribution in [0.4, 0.5) is 0 Å². The molecule has 28 heavy (non-hydrogen) atoms. The standard InChI is InChI=1S/C21H20N2O4S/c1-22-13-15-10-20(16-6-7-21-17(11-16)8-9-27-21)23(14-15)28(24,25)19-5-3-4-18(12-19)26-2/h3-12,14,22H,13H2,1-2H3. The SMILES string of the molecule is CNCc1cc(-c2ccc3occc3c2)n(S(=O)(=O)c2cccc(OC)c2)c1. The summed E-state index contributed by atoms with van der Waals surface area (Å²) in [5, 5.41) is 3.98. The van der Waals surface area contributed by atoms with E-state index in [1.54, 1.807) is 30.7 Å². The summed E-state index contributed by atoms with van der Waals surface area (Å²) in [4.78, 5) is 0.170. The van der Waals surface area contributed by atoms with Crippen molar-refractivity contribution in [3.63, 3.8) is 0 Å². The third-order valence-corrected chi connectivity index (χ3v) is 6.24. The number of hydrogen-bond acceptors (Lipinski definition) is 5. The molecule has 144 valence electrons. The summed E-state index contributed by atoms with van der Waals surface area (Å²) >= 11 is 0. The van der Waals surface area contributed by atoms with Gasteiger partial charge in [-0.05, 0) is 55.1 Å². The Balaban J connectivity index is 1.90. The van der Waals surface area contributed by atoms with E-state index in [1.807, 2.05) is 37.4 Å². The van der Waals surface area contributed by atoms with Crippen LogP contribution in [0, 0.1) is 0 Å². The van der Waals surface area contributed by atoms with Gasteiger partial charge >= 0.3 is 0 Å². The number of benzene rings is 2. The highest BCUT2D eigenvalue weighted by Gasteiger charge is 2.22. The lowest BCUT2D eigenvalue weighted by Gasteiger charge is -2.11. The van der Waals surface area contributed by atoms with E-state index in [0.717, 1.165) is 22.1 Å². The fraction of sp³-hybridized carbons (Fsp3) is 0.143. The van der Waals surface area contributed by atoms with Gasteiger partial charge in [0.1, 0.15) is 11.3 Å². The van der Waals surface area contributed by atoms with Crippen molar-refractivity contribution in [1.29, 1.82) is 0 Å². The maximum Gasteiger partial charge on any atom is 0.268 e. The molecule has 0 saturated carbocycles. The smallest absolute Gasteiger partial charge is 0.268 e. The largest absolute Gasteiger partial charge is 0.497 e. The molecule has 0 radical (unpaired) electrons. The first-order chi connectivity index (χ1) is 13.5. The van der Waals surface area contributed by atoms with Crippen LogP contribution in [0.3, 0.4) is 0 Å². The second-order valence-corrected chi connectivity index (χ2v) is 8.23. The zero-order valence-electron chi connectivity index (χ0n) is 15.5. The van der Waals surface area contributed by atoms with Gasteiger partial charge in [-0.25, -0.2) is 12.4 Å². The lowest BCUT2D eigenvalue weighted by molar-refractivity contribution is 0.413. The molecule has 0 bridgehead atoms. The summed E-state index contributed by atoms with van der Waals surface area (Å²) in [6, 6.07) is 15.9. The zero-order chi connectivity index (χ0) is 19.7. The van der Waals surface area contributed by atoms with Crippen LogP contribution < -0.4 is 10.1 Å². The quantitative estimate of drug-likeness (QED) is 0.536. The minimum Gasteiger partial charge on any atom is -0.497 e. The van der Waals surface area contributed by atoms with Crippen molar-refractivity contribution in [2.24, 2.45) is 0 Å². The maximum atomic E-state index is 13.4. The number of rotatable bonds is 6. The number of fused-ring (bicyclic) bond motifs is 1. The molecule has 0 atom stereocenters. The van der Waals surface area contributed by atoms with Gasteiger partial charge in [-0.1, -0.05) is 6.07 Å². The summed E-state index contributed by atoms with van der Waals surface area (Å²) in [7, 11) is -0.466. The van der Waals surface area contributed by atoms with Crippen molar-refractivity contribution in [3.8, 4) is 17.0 Å². The molecular weight excluding hydrogens is 376 g/mol. The molecule has 4 rings (SSSR count). The second-order valence-electron chi connectivity index (χ2n) is 6.42. The lowest BCUT2D eigenvalue weighted by Crippen LogP contribution is -2.13. The Bertz CT molecular complexity index is 1240. The maximum absolute atomic E-state index is 13.4. The van der Waals surface area contributed by atoms with Gasteiger partial charge in [0.15, 0.2) is 0 Å². The van der Waals surface area contributed by atoms with E-state index in [-0.39, 0.29) is 4.90 Å². The van der Waals surface area contributed by atoms with Crippen molar-refractivity contribution in [2.45, 2.75) is 11.4 Å². The molecule has 2 heterocycles. The number of ether oxygens (including phenoxy) is 1. The van der Waals surface area contributed by atoms with Crippen LogP contribution in [0.1, 0.15) is 5.56 Å². The Hall–Kier alpha value is -3.03. The van der Waals surface area contributed by atoms with Crippen LogP contribution >= 0.6 is 0 Å². The Labute approximate surface area is 163 Å². The Kier molecular flexibility index (Phi) is 4.70. The molecule has 1 N–H and O–H groups in total. The van der Waals surface area contributed by atoms with E-state index in [4.69, 9.17) is 9.15 Å². The van der Waals surface area contributed by atoms with Crippen LogP contribution in [-0.2, 0) is 16.6 Å². The van der Waals surface area contributed by atoms with Crippen molar-refractivity contribution in [1.82, 2.24) is 9.29 Å². The third-order valence-electron chi connectivity index (χ3n) is 4.57. The zero-order valence-corrected chi connectivity index (χ0v) is 16.4. The molecule has 0 spiro atoms. The minimum atomic E-state index is -3.80. The highest BCUT2D eigenvalue weighted by Crippen LogP contribution is 2.30. The summed E-state index contributed by atoms with van der Waals surface area (Å²) in [5.74, 6) is 0.491. The van der Waals surface area contributed by atoms with Crippen molar-refractivity contribution in [3.05, 3.63) is 72.6 Å². The summed E-state index contributed by atoms with van der Waals surface area (Å²) < 4.78 is 38.7. The van der Waals surface area contributed by atoms with Crippen LogP contribution in [0.2, 0.25) is 0 Å². The molecule has 2 aromatic heterocycles. The molecule has 2 aromatic carbocycles. The number of aromatic nitrogens is 1. The molecule has 0 aliphatic rings. The average molecular weight is 396 g/mol. The molecule has 0 aliphatic carbocycles. The predicted molar refractivity (Wildman–Crippen MR) is 108 cm³/mol. The molecule has 0 unspecified atom stereocenters. The highest BCUT2D eigenvalue weighted by molar-refractivity contribution is 7.90. The lowest BCUT2D eigenvalue weighted by atomic mass is 10.1. The Morgan fingerprint density at radius 3 is 2.75 bits per heavy atom. The first-order valence-electron chi connectivity index (χ1n) is 8.76. The summed E-state index contributed by atoms with van der Waals surface area (Å²) in [6.45, 7) is 0.557. The normalized spacial score (nSPS) is 11.8. The first kappa shape index (κ1) is 18.3. The number of hydrogen-bond donors (Lipinski definition) is 1. The highest BCUT2D eigenvalue weighted by atomic mass is 32.2. The van der Waals surface area contributed by atoms with Gasteiger partial charge in [0.05, 0.1) is 24.0 Å². The predicted octanol–water partition coefficient (Wildman–Crippen LogP) is 3.87. The van der Waals surface area contributed by atoms with Crippen molar-refractivity contribution >= 4 is 21.0 Å². The first-order valence-corrected chi connectivity index (χ1v) is 10.2. The fourth-order valence-corrected chi connectivity index (χ4v) is 4.64. The summed E-state index contributed by atoms with van der Waals surface area (Å²) in [6.07, 6.45) is 3.27. The van der Waals surface area contributed by atoms with Gasteiger partial charge < -0.3 is 14.5 Å². The fourth-order valence-electron chi connectivity index (χ4n) is 3.21. The van der Waals surface area contributed by atoms with Gasteiger partial charge in [-0.15, -0.1) is 0 Å². The van der Waals surface area contributed by atoms with E-state index in [9.17, 15) is 8.42 Å². The monoisotopic (exact) mass is 396 g/mol. The topological polar surface area (TPSA) is 73.5 Å². The molecule has 4 aromatic rings. The minimum absolute atomic E-state index is 0.170. The van der Waals surface area contributed by atoms with Crippen LogP contribution in [0.25, 0.3) is 22.2 Å². The van der Waals surface area contributed by atoms with Crippen molar-refractivity contribution < 1.29 is 17.6 Å². The number of furan rings is 1. The van der Waals surface area contributed by atoms with E-state index in [2.05, 4.69) is 5.32 Å². The van der Waals surface area contributed by atoms with Gasteiger partial charge in [0, 0.05) is 29.8 Å². The molecular formula is C21H20N2O4S. The van der Waals surface area contributed by atoms with Crippen LogP contribution in [0.5, 0.6) is 5.75 Å². The third kappa shape index (κ3) is 3.19. The second kappa shape index (κ2) is 7.18. The number of nitrogens with zero attached hydrogens (tertiary/aromatic N) is 1. The summed E-state index contributed by atoms with van der Waals surface area (Å²) in [5.41, 5.74) is 3.02. The average Bonchev–Trinajstić information content (AvgIpc) is 3.35. The van der Waals surface area contributed by atoms with Gasteiger partial charge in [0.2, 0.25) is 0 Å². The number of nitrogens with one attached hydrogen (secondary N) is 1. The Morgan fingerprint density at radius 1 is 1.11 bits per heavy atom. The van der Waals surface area contributed by atoms with E-state index in [0.29, 0.717) is 18.0 Å². The van der Waals surface area contributed by atoms with E-state index in [1.165, 1.54) is 17.1 Å². The van der Waals surface area contributed by atoms with Gasteiger partial charge in [-0.3, -0.25) is 0 Å². The van der Waals surface area contributed by atoms with Crippen molar-refractivity contribution in [2.75, 3.05) is 14.2 Å². The van der Waals surface area contributed by atoms with E-state index >= 15 is 0 Å². The molecule has 6 nitrogen and oxygen atoms in total. The molecule has 0 amide bonds. The van der Waals surface area contributed by atoms with Crippen LogP contribution in [0.15, 0.2) is 76.4 Å².